The molecule has 0 atom stereocenters. The van der Waals surface area contributed by atoms with Crippen LogP contribution >= 0.6 is 12.6 Å². The second-order valence-corrected chi connectivity index (χ2v) is 2.75. The molecule has 1 aromatic rings. The van der Waals surface area contributed by atoms with Crippen LogP contribution in [0.25, 0.3) is 0 Å². The molecule has 0 aliphatic rings. The molecule has 0 saturated carbocycles. The van der Waals surface area contributed by atoms with Crippen molar-refractivity contribution in [3.8, 4) is 0 Å². The Labute approximate surface area is 106 Å². The number of esters is 1. The third-order valence-corrected chi connectivity index (χ3v) is 1.86. The van der Waals surface area contributed by atoms with E-state index >= 15 is 0 Å². The molecule has 0 aliphatic heterocycles. The van der Waals surface area contributed by atoms with Crippen LogP contribution in [0.2, 0.25) is 0 Å². The van der Waals surface area contributed by atoms with Crippen molar-refractivity contribution in [3.05, 3.63) is 23.8 Å². The minimum atomic E-state index is -0.393. The van der Waals surface area contributed by atoms with E-state index in [0.29, 0.717) is 16.1 Å². The summed E-state index contributed by atoms with van der Waals surface area (Å²) in [4.78, 5) is 11.6. The van der Waals surface area contributed by atoms with E-state index < -0.39 is 5.97 Å². The van der Waals surface area contributed by atoms with E-state index in [9.17, 15) is 4.79 Å². The second kappa shape index (κ2) is 5.54. The number of rotatable bonds is 1. The Kier molecular flexibility index (Phi) is 5.48. The van der Waals surface area contributed by atoms with Gasteiger partial charge in [0.1, 0.15) is 0 Å². The first kappa shape index (κ1) is 12.8. The van der Waals surface area contributed by atoms with Crippen molar-refractivity contribution in [2.24, 2.45) is 0 Å². The summed E-state index contributed by atoms with van der Waals surface area (Å²) in [6.45, 7) is 0. The van der Waals surface area contributed by atoms with Gasteiger partial charge in [-0.1, -0.05) is 0 Å². The minimum Gasteiger partial charge on any atom is -1.00 e. The molecule has 0 spiro atoms. The zero-order valence-corrected chi connectivity index (χ0v) is 10.5. The van der Waals surface area contributed by atoms with E-state index in [-0.39, 0.29) is 31.0 Å². The number of anilines is 1. The number of benzene rings is 1. The summed E-state index contributed by atoms with van der Waals surface area (Å²) in [5.41, 5.74) is 6.44. The van der Waals surface area contributed by atoms with Gasteiger partial charge in [0.05, 0.1) is 12.7 Å². The topological polar surface area (TPSA) is 52.3 Å². The van der Waals surface area contributed by atoms with Crippen LogP contribution in [-0.4, -0.2) is 13.1 Å². The SMILES string of the molecule is COC(=O)c1ccc(S)c(N)c1.[H-].[Na+]. The predicted octanol–water partition coefficient (Wildman–Crippen LogP) is -1.54. The Morgan fingerprint density at radius 1 is 1.62 bits per heavy atom. The molecule has 0 unspecified atom stereocenters. The molecule has 5 heteroatoms. The third kappa shape index (κ3) is 3.23. The molecule has 66 valence electrons. The van der Waals surface area contributed by atoms with E-state index in [2.05, 4.69) is 17.4 Å². The van der Waals surface area contributed by atoms with Crippen LogP contribution in [0.3, 0.4) is 0 Å². The largest absolute Gasteiger partial charge is 1.00 e. The van der Waals surface area contributed by atoms with E-state index in [4.69, 9.17) is 5.73 Å². The molecule has 0 amide bonds. The smallest absolute Gasteiger partial charge is 1.00 e. The number of ether oxygens (including phenoxy) is 1. The van der Waals surface area contributed by atoms with E-state index in [1.165, 1.54) is 13.2 Å². The van der Waals surface area contributed by atoms with Crippen LogP contribution in [0.5, 0.6) is 0 Å². The number of nitrogen functional groups attached to an aromatic ring is 1. The fraction of sp³-hybridized carbons (Fsp3) is 0.125. The monoisotopic (exact) mass is 207 g/mol. The fourth-order valence-electron chi connectivity index (χ4n) is 0.799. The Morgan fingerprint density at radius 3 is 2.69 bits per heavy atom. The van der Waals surface area contributed by atoms with Gasteiger partial charge in [-0.2, -0.15) is 0 Å². The maximum Gasteiger partial charge on any atom is 1.00 e. The van der Waals surface area contributed by atoms with Gasteiger partial charge < -0.3 is 11.9 Å². The normalized spacial score (nSPS) is 8.77. The zero-order valence-electron chi connectivity index (χ0n) is 8.57. The Hall–Kier alpha value is -0.160. The predicted molar refractivity (Wildman–Crippen MR) is 50.6 cm³/mol. The number of carbonyl (C=O) groups is 1. The first-order valence-electron chi connectivity index (χ1n) is 3.32. The maximum absolute atomic E-state index is 11.0. The van der Waals surface area contributed by atoms with Gasteiger partial charge in [-0.3, -0.25) is 0 Å². The molecule has 2 N–H and O–H groups in total. The van der Waals surface area contributed by atoms with Gasteiger partial charge in [0.15, 0.2) is 0 Å². The molecule has 1 aromatic carbocycles. The molecule has 0 aliphatic carbocycles. The van der Waals surface area contributed by atoms with Crippen LogP contribution in [0, 0.1) is 0 Å². The fourth-order valence-corrected chi connectivity index (χ4v) is 0.938. The van der Waals surface area contributed by atoms with Crippen molar-refractivity contribution < 1.29 is 40.5 Å². The molecule has 0 aromatic heterocycles. The van der Waals surface area contributed by atoms with Gasteiger partial charge in [0.2, 0.25) is 0 Å². The van der Waals surface area contributed by atoms with Gasteiger partial charge in [0.25, 0.3) is 0 Å². The van der Waals surface area contributed by atoms with Crippen molar-refractivity contribution in [3.63, 3.8) is 0 Å². The molecular weight excluding hydrogens is 197 g/mol. The molecular formula is C8H10NNaO2S. The molecule has 0 saturated heterocycles. The molecule has 0 heterocycles. The van der Waals surface area contributed by atoms with Crippen molar-refractivity contribution in [1.82, 2.24) is 0 Å². The number of nitrogens with two attached hydrogens (primary N) is 1. The number of thiol groups is 1. The van der Waals surface area contributed by atoms with Gasteiger partial charge in [-0.15, -0.1) is 12.6 Å². The van der Waals surface area contributed by atoms with E-state index in [0.717, 1.165) is 0 Å². The third-order valence-electron chi connectivity index (χ3n) is 1.45. The summed E-state index contributed by atoms with van der Waals surface area (Å²) >= 11 is 4.07. The molecule has 0 radical (unpaired) electrons. The van der Waals surface area contributed by atoms with Gasteiger partial charge in [-0.25, -0.2) is 4.79 Å². The number of methoxy groups -OCH3 is 1. The molecule has 3 nitrogen and oxygen atoms in total. The van der Waals surface area contributed by atoms with Crippen molar-refractivity contribution in [2.45, 2.75) is 4.90 Å². The molecule has 13 heavy (non-hydrogen) atoms. The van der Waals surface area contributed by atoms with Crippen LogP contribution in [0.15, 0.2) is 23.1 Å². The number of hydrogen-bond donors (Lipinski definition) is 2. The Bertz CT molecular complexity index is 322. The summed E-state index contributed by atoms with van der Waals surface area (Å²) in [6.07, 6.45) is 0. The molecule has 0 bridgehead atoms. The zero-order chi connectivity index (χ0) is 9.14. The van der Waals surface area contributed by atoms with Gasteiger partial charge in [-0.05, 0) is 18.2 Å². The van der Waals surface area contributed by atoms with Crippen LogP contribution < -0.4 is 35.3 Å². The summed E-state index contributed by atoms with van der Waals surface area (Å²) in [5, 5.41) is 0. The van der Waals surface area contributed by atoms with Gasteiger partial charge in [0, 0.05) is 10.6 Å². The molecule has 0 fully saturated rings. The minimum absolute atomic E-state index is 0. The van der Waals surface area contributed by atoms with E-state index in [1.807, 2.05) is 0 Å². The standard InChI is InChI=1S/C8H9NO2S.Na.H/c1-11-8(10)5-2-3-7(12)6(9)4-5;;/h2-4,12H,9H2,1H3;;/q;+1;-1. The van der Waals surface area contributed by atoms with Crippen LogP contribution in [0.1, 0.15) is 11.8 Å². The first-order chi connectivity index (χ1) is 5.65. The first-order valence-corrected chi connectivity index (χ1v) is 3.76. The van der Waals surface area contributed by atoms with Crippen LogP contribution in [-0.2, 0) is 4.74 Å². The molecule has 1 rings (SSSR count). The summed E-state index contributed by atoms with van der Waals surface area (Å²) in [6, 6.07) is 4.81. The number of carbonyl (C=O) groups excluding carboxylic acids is 1. The Balaban J connectivity index is 0. The average molecular weight is 207 g/mol. The average Bonchev–Trinajstić information content (AvgIpc) is 2.08. The summed E-state index contributed by atoms with van der Waals surface area (Å²) in [7, 11) is 1.33. The Morgan fingerprint density at radius 2 is 2.23 bits per heavy atom. The van der Waals surface area contributed by atoms with E-state index in [1.54, 1.807) is 12.1 Å². The quantitative estimate of drug-likeness (QED) is 0.254. The van der Waals surface area contributed by atoms with Gasteiger partial charge >= 0.3 is 35.5 Å². The summed E-state index contributed by atoms with van der Waals surface area (Å²) < 4.78 is 4.51. The van der Waals surface area contributed by atoms with Crippen molar-refractivity contribution in [2.75, 3.05) is 12.8 Å². The van der Waals surface area contributed by atoms with Crippen LogP contribution in [0.4, 0.5) is 5.69 Å². The summed E-state index contributed by atoms with van der Waals surface area (Å²) in [5.74, 6) is -0.393. The van der Waals surface area contributed by atoms with Crippen molar-refractivity contribution in [1.29, 1.82) is 0 Å². The van der Waals surface area contributed by atoms with Crippen molar-refractivity contribution >= 4 is 24.3 Å². The second-order valence-electron chi connectivity index (χ2n) is 2.27. The number of hydrogen-bond acceptors (Lipinski definition) is 4. The maximum atomic E-state index is 11.0.